The first-order valence-corrected chi connectivity index (χ1v) is 36.8. The van der Waals surface area contributed by atoms with Crippen molar-refractivity contribution in [2.75, 3.05) is 140 Å². The molecule has 0 radical (unpaired) electrons. The number of carbonyl (C=O) groups is 7. The van der Waals surface area contributed by atoms with E-state index in [0.29, 0.717) is 96.2 Å². The number of hydrogen-bond acceptors (Lipinski definition) is 17. The first-order valence-electron chi connectivity index (χ1n) is 36.8. The third kappa shape index (κ3) is 19.5. The van der Waals surface area contributed by atoms with E-state index in [1.54, 1.807) is 23.8 Å². The number of amides is 7. The third-order valence-electron chi connectivity index (χ3n) is 22.5. The lowest BCUT2D eigenvalue weighted by molar-refractivity contribution is -0.143. The van der Waals surface area contributed by atoms with Crippen molar-refractivity contribution >= 4 is 58.7 Å². The van der Waals surface area contributed by atoms with E-state index in [4.69, 9.17) is 4.74 Å². The minimum Gasteiger partial charge on any atom is -0.378 e. The lowest BCUT2D eigenvalue weighted by Crippen LogP contribution is -2.66. The maximum atomic E-state index is 15.8. The Labute approximate surface area is 582 Å². The molecule has 7 amide bonds. The summed E-state index contributed by atoms with van der Waals surface area (Å²) in [5, 5.41) is 24.8. The monoisotopic (exact) mass is 1370 g/mol. The summed E-state index contributed by atoms with van der Waals surface area (Å²) in [6.45, 7) is 16.9. The van der Waals surface area contributed by atoms with E-state index in [0.717, 1.165) is 134 Å². The molecule has 542 valence electrons. The molecule has 8 aliphatic rings. The smallest absolute Gasteiger partial charge is 0.246 e. The Hall–Kier alpha value is -7.13. The molecule has 2 spiro atoms. The zero-order valence-electron chi connectivity index (χ0n) is 58.8. The van der Waals surface area contributed by atoms with Crippen LogP contribution in [0.4, 0.5) is 26.1 Å². The number of nitrogens with zero attached hydrogens (tertiary/aromatic N) is 8. The van der Waals surface area contributed by atoms with Gasteiger partial charge in [0.05, 0.1) is 49.6 Å². The van der Waals surface area contributed by atoms with Crippen LogP contribution in [0.5, 0.6) is 0 Å². The second kappa shape index (κ2) is 33.6. The quantitative estimate of drug-likeness (QED) is 0.0464. The summed E-state index contributed by atoms with van der Waals surface area (Å²) >= 11 is 0. The highest BCUT2D eigenvalue weighted by Gasteiger charge is 2.47. The number of carbonyl (C=O) groups excluding carboxylic acids is 7. The minimum atomic E-state index is -0.861. The maximum Gasteiger partial charge on any atom is 0.246 e. The van der Waals surface area contributed by atoms with Gasteiger partial charge in [0.15, 0.2) is 0 Å². The number of hydrogen-bond donors (Lipinski definition) is 8. The van der Waals surface area contributed by atoms with E-state index in [9.17, 15) is 33.6 Å². The molecule has 6 atom stereocenters. The van der Waals surface area contributed by atoms with Crippen molar-refractivity contribution in [2.45, 2.75) is 179 Å². The molecule has 11 rings (SSSR count). The van der Waals surface area contributed by atoms with Crippen molar-refractivity contribution in [2.24, 2.45) is 16.7 Å². The average Bonchev–Trinajstić information content (AvgIpc) is 0.947. The summed E-state index contributed by atoms with van der Waals surface area (Å²) in [6.07, 6.45) is 14.8. The zero-order chi connectivity index (χ0) is 69.7. The molecule has 24 nitrogen and oxygen atoms in total. The summed E-state index contributed by atoms with van der Waals surface area (Å²) in [5.74, 6) is -1.33. The van der Waals surface area contributed by atoms with Crippen molar-refractivity contribution < 1.29 is 47.1 Å². The van der Waals surface area contributed by atoms with Gasteiger partial charge in [0.2, 0.25) is 41.4 Å². The van der Waals surface area contributed by atoms with Crippen molar-refractivity contribution in [1.82, 2.24) is 66.8 Å². The van der Waals surface area contributed by atoms with Gasteiger partial charge in [-0.1, -0.05) is 57.4 Å². The first kappa shape index (κ1) is 73.1. The standard InChI is InChI=1S/C73H108F2N16O8/c1-50(76-4)68(96)84-67(52-13-6-5-7-14-52)70(98)91-43-54(39-60(91)69(97)83-58-17-10-15-51-12-8-9-16-55(51)58)82-64(93)19-18-63(92)79-28-36-99-37-35-87-31-22-72(46-87)23-32-88(47-72)44-65(94)78-27-11-26-77-61-41-62(81-49-80-61)89-33-24-73(25-34-89)48-90(45-66(95)85-73)59-40-56(74)53(38-57(59)75)42-86-29-20-71(2,3)21-30-86/h8-9,12,16,38,40-41,49-50,52,54,58,60,67,76H,5-7,10-11,13-15,17-37,39,42-48H2,1-4H3,(H,78,94)(H,79,92)(H,82,93)(H,83,97)(H,84,96)(H,85,95)(H,77,80,81)/t50-,54-,58?,60-,67-,72-/m0/s1. The summed E-state index contributed by atoms with van der Waals surface area (Å²) in [4.78, 5) is 116. The number of aryl methyl sites for hydroxylation is 1. The van der Waals surface area contributed by atoms with Crippen LogP contribution in [0, 0.1) is 28.4 Å². The van der Waals surface area contributed by atoms with Crippen molar-refractivity contribution in [3.63, 3.8) is 0 Å². The Morgan fingerprint density at radius 1 is 0.747 bits per heavy atom. The highest BCUT2D eigenvalue weighted by Crippen LogP contribution is 2.40. The Kier molecular flexibility index (Phi) is 24.8. The van der Waals surface area contributed by atoms with Crippen LogP contribution < -0.4 is 52.3 Å². The lowest BCUT2D eigenvalue weighted by Gasteiger charge is -2.48. The molecular formula is C73H108F2N16O8. The van der Waals surface area contributed by atoms with E-state index in [-0.39, 0.29) is 102 Å². The predicted molar refractivity (Wildman–Crippen MR) is 374 cm³/mol. The molecule has 26 heteroatoms. The molecular weight excluding hydrogens is 1270 g/mol. The molecule has 2 aliphatic carbocycles. The van der Waals surface area contributed by atoms with Gasteiger partial charge in [-0.2, -0.15) is 0 Å². The Balaban J connectivity index is 0.541. The van der Waals surface area contributed by atoms with Crippen LogP contribution in [0.25, 0.3) is 0 Å². The number of piperidine rings is 2. The fraction of sp³-hybridized carbons (Fsp3) is 0.685. The number of halogens is 2. The number of likely N-dealkylation sites (tertiary alicyclic amines) is 4. The normalized spacial score (nSPS) is 24.1. The van der Waals surface area contributed by atoms with Crippen molar-refractivity contribution in [3.8, 4) is 0 Å². The highest BCUT2D eigenvalue weighted by molar-refractivity contribution is 5.94. The van der Waals surface area contributed by atoms with Gasteiger partial charge in [0, 0.05) is 109 Å². The van der Waals surface area contributed by atoms with E-state index in [2.05, 4.69) is 92.0 Å². The Bertz CT molecular complexity index is 3300. The Morgan fingerprint density at radius 2 is 1.48 bits per heavy atom. The maximum absolute atomic E-state index is 15.8. The van der Waals surface area contributed by atoms with Gasteiger partial charge in [-0.25, -0.2) is 18.7 Å². The zero-order valence-corrected chi connectivity index (χ0v) is 58.8. The molecule has 7 heterocycles. The molecule has 2 aromatic carbocycles. The largest absolute Gasteiger partial charge is 0.378 e. The van der Waals surface area contributed by atoms with Gasteiger partial charge in [-0.3, -0.25) is 43.4 Å². The summed E-state index contributed by atoms with van der Waals surface area (Å²) in [6, 6.07) is 9.67. The Morgan fingerprint density at radius 3 is 2.27 bits per heavy atom. The topological polar surface area (TPSA) is 270 Å². The number of ether oxygens (including phenoxy) is 1. The number of anilines is 3. The van der Waals surface area contributed by atoms with Crippen LogP contribution in [-0.2, 0) is 51.3 Å². The lowest BCUT2D eigenvalue weighted by atomic mass is 9.82. The molecule has 1 saturated carbocycles. The summed E-state index contributed by atoms with van der Waals surface area (Å²) in [7, 11) is 1.70. The van der Waals surface area contributed by atoms with Gasteiger partial charge >= 0.3 is 0 Å². The van der Waals surface area contributed by atoms with Crippen molar-refractivity contribution in [1.29, 1.82) is 0 Å². The predicted octanol–water partition coefficient (Wildman–Crippen LogP) is 4.53. The first-order chi connectivity index (χ1) is 47.7. The van der Waals surface area contributed by atoms with Crippen LogP contribution in [0.1, 0.15) is 153 Å². The van der Waals surface area contributed by atoms with Gasteiger partial charge < -0.3 is 66.9 Å². The summed E-state index contributed by atoms with van der Waals surface area (Å²) in [5.41, 5.74) is 2.54. The molecule has 1 unspecified atom stereocenters. The molecule has 0 bridgehead atoms. The fourth-order valence-electron chi connectivity index (χ4n) is 16.4. The molecule has 6 saturated heterocycles. The number of aromatic nitrogens is 2. The third-order valence-corrected chi connectivity index (χ3v) is 22.5. The number of fused-ring (bicyclic) bond motifs is 1. The SMILES string of the molecule is CN[C@@H](C)C(=O)N[C@H](C(=O)N1C[C@@H](NC(=O)CCC(=O)NCCOCCN2CC[C@]3(CCN(CC(=O)NCCCNc4cc(N5CCC6(CC5)CN(c5cc(F)c(CN7CCC(C)(C)CC7)cc5F)CC(=O)N6)ncn4)C3)C2)C[C@H]1C(=O)NC1CCCc2ccccc21)C1CCCCC1. The van der Waals surface area contributed by atoms with E-state index in [1.165, 1.54) is 24.0 Å². The number of benzene rings is 2. The van der Waals surface area contributed by atoms with Gasteiger partial charge in [0.1, 0.15) is 41.7 Å². The molecule has 99 heavy (non-hydrogen) atoms. The molecule has 6 aliphatic heterocycles. The van der Waals surface area contributed by atoms with Gasteiger partial charge in [-0.05, 0) is 158 Å². The van der Waals surface area contributed by atoms with Crippen LogP contribution in [0.3, 0.4) is 0 Å². The fourth-order valence-corrected chi connectivity index (χ4v) is 16.4. The molecule has 3 aromatic rings. The number of likely N-dealkylation sites (N-methyl/N-ethyl adjacent to an activating group) is 1. The van der Waals surface area contributed by atoms with E-state index < -0.39 is 41.3 Å². The van der Waals surface area contributed by atoms with Gasteiger partial charge in [0.25, 0.3) is 0 Å². The average molecular weight is 1380 g/mol. The van der Waals surface area contributed by atoms with Crippen LogP contribution in [0.2, 0.25) is 0 Å². The van der Waals surface area contributed by atoms with Crippen LogP contribution >= 0.6 is 0 Å². The summed E-state index contributed by atoms with van der Waals surface area (Å²) < 4.78 is 37.3. The second-order valence-electron chi connectivity index (χ2n) is 30.4. The molecule has 8 N–H and O–H groups in total. The number of rotatable bonds is 28. The minimum absolute atomic E-state index is 0.00281. The van der Waals surface area contributed by atoms with Gasteiger partial charge in [-0.15, -0.1) is 0 Å². The number of piperazine rings is 1. The van der Waals surface area contributed by atoms with Crippen LogP contribution in [0.15, 0.2) is 48.8 Å². The number of nitrogens with one attached hydrogen (secondary N) is 8. The van der Waals surface area contributed by atoms with E-state index >= 15 is 8.78 Å². The van der Waals surface area contributed by atoms with E-state index in [1.807, 2.05) is 24.3 Å². The second-order valence-corrected chi connectivity index (χ2v) is 30.4. The van der Waals surface area contributed by atoms with Crippen molar-refractivity contribution in [3.05, 3.63) is 77.1 Å². The molecule has 1 aromatic heterocycles. The molecule has 7 fully saturated rings. The van der Waals surface area contributed by atoms with Crippen LogP contribution in [-0.4, -0.2) is 226 Å². The highest BCUT2D eigenvalue weighted by atomic mass is 19.1.